The van der Waals surface area contributed by atoms with Gasteiger partial charge in [-0.15, -0.1) is 0 Å². The zero-order valence-corrected chi connectivity index (χ0v) is 9.55. The van der Waals surface area contributed by atoms with Crippen molar-refractivity contribution in [2.24, 2.45) is 0 Å². The van der Waals surface area contributed by atoms with Gasteiger partial charge in [0.15, 0.2) is 9.84 Å². The normalized spacial score (nSPS) is 21.0. The van der Waals surface area contributed by atoms with Gasteiger partial charge in [-0.05, 0) is 32.0 Å². The van der Waals surface area contributed by atoms with E-state index >= 15 is 0 Å². The van der Waals surface area contributed by atoms with E-state index in [0.29, 0.717) is 4.90 Å². The second-order valence-electron chi connectivity index (χ2n) is 4.03. The van der Waals surface area contributed by atoms with Crippen molar-refractivity contribution in [2.75, 3.05) is 12.3 Å². The summed E-state index contributed by atoms with van der Waals surface area (Å²) in [4.78, 5) is 0.432. The van der Waals surface area contributed by atoms with E-state index < -0.39 is 9.84 Å². The fourth-order valence-corrected chi connectivity index (χ4v) is 3.15. The lowest BCUT2D eigenvalue weighted by Crippen LogP contribution is -2.47. The summed E-state index contributed by atoms with van der Waals surface area (Å²) in [6.45, 7) is 2.89. The fraction of sp³-hybridized carbons (Fsp3) is 0.455. The Morgan fingerprint density at radius 2 is 1.93 bits per heavy atom. The Bertz CT molecular complexity index is 432. The van der Waals surface area contributed by atoms with Gasteiger partial charge < -0.3 is 5.32 Å². The highest BCUT2D eigenvalue weighted by Gasteiger charge is 2.24. The van der Waals surface area contributed by atoms with Crippen LogP contribution >= 0.6 is 0 Å². The summed E-state index contributed by atoms with van der Waals surface area (Å²) in [6.07, 6.45) is 0.963. The van der Waals surface area contributed by atoms with E-state index in [1.807, 2.05) is 19.1 Å². The molecule has 0 aliphatic carbocycles. The van der Waals surface area contributed by atoms with E-state index in [9.17, 15) is 8.42 Å². The van der Waals surface area contributed by atoms with Crippen LogP contribution in [0.5, 0.6) is 0 Å². The molecule has 1 aromatic carbocycles. The van der Waals surface area contributed by atoms with Crippen LogP contribution in [0.3, 0.4) is 0 Å². The highest BCUT2D eigenvalue weighted by atomic mass is 32.2. The molecular weight excluding hydrogens is 210 g/mol. The Balaban J connectivity index is 2.17. The van der Waals surface area contributed by atoms with Crippen LogP contribution in [0.25, 0.3) is 0 Å². The molecule has 15 heavy (non-hydrogen) atoms. The van der Waals surface area contributed by atoms with Crippen molar-refractivity contribution < 1.29 is 8.42 Å². The van der Waals surface area contributed by atoms with Crippen LogP contribution in [-0.2, 0) is 9.84 Å². The zero-order chi connectivity index (χ0) is 10.9. The predicted octanol–water partition coefficient (Wildman–Crippen LogP) is 1.13. The van der Waals surface area contributed by atoms with Gasteiger partial charge in [-0.1, -0.05) is 17.7 Å². The number of nitrogens with one attached hydrogen (secondary N) is 1. The molecule has 1 unspecified atom stereocenters. The number of hydrogen-bond donors (Lipinski definition) is 1. The fourth-order valence-electron chi connectivity index (χ4n) is 1.60. The van der Waals surface area contributed by atoms with Crippen molar-refractivity contribution >= 4 is 9.84 Å². The Morgan fingerprint density at radius 3 is 2.40 bits per heavy atom. The van der Waals surface area contributed by atoms with Crippen LogP contribution in [0.15, 0.2) is 29.2 Å². The number of sulfone groups is 1. The van der Waals surface area contributed by atoms with Crippen LogP contribution in [-0.4, -0.2) is 26.8 Å². The third kappa shape index (κ3) is 2.38. The Kier molecular flexibility index (Phi) is 2.80. The third-order valence-electron chi connectivity index (χ3n) is 2.73. The second kappa shape index (κ2) is 3.94. The summed E-state index contributed by atoms with van der Waals surface area (Å²) < 4.78 is 23.8. The highest BCUT2D eigenvalue weighted by molar-refractivity contribution is 7.91. The summed E-state index contributed by atoms with van der Waals surface area (Å²) in [6, 6.07) is 7.19. The SMILES string of the molecule is Cc1ccc(S(=O)(=O)CC2CCN2)cc1. The lowest BCUT2D eigenvalue weighted by atomic mass is 10.1. The summed E-state index contributed by atoms with van der Waals surface area (Å²) in [5, 5.41) is 3.10. The van der Waals surface area contributed by atoms with E-state index in [1.54, 1.807) is 12.1 Å². The molecule has 1 aromatic rings. The first-order valence-corrected chi connectivity index (χ1v) is 6.76. The summed E-state index contributed by atoms with van der Waals surface area (Å²) in [5.74, 6) is 0.218. The van der Waals surface area contributed by atoms with Gasteiger partial charge in [0.05, 0.1) is 10.6 Å². The van der Waals surface area contributed by atoms with Crippen LogP contribution in [0.2, 0.25) is 0 Å². The van der Waals surface area contributed by atoms with Crippen molar-refractivity contribution in [3.05, 3.63) is 29.8 Å². The van der Waals surface area contributed by atoms with Crippen molar-refractivity contribution in [3.63, 3.8) is 0 Å². The van der Waals surface area contributed by atoms with Crippen molar-refractivity contribution in [1.29, 1.82) is 0 Å². The van der Waals surface area contributed by atoms with E-state index in [0.717, 1.165) is 18.5 Å². The first-order chi connectivity index (χ1) is 7.08. The van der Waals surface area contributed by atoms with E-state index in [1.165, 1.54) is 0 Å². The van der Waals surface area contributed by atoms with Gasteiger partial charge in [-0.25, -0.2) is 8.42 Å². The summed E-state index contributed by atoms with van der Waals surface area (Å²) >= 11 is 0. The number of benzene rings is 1. The maximum atomic E-state index is 11.9. The van der Waals surface area contributed by atoms with Crippen molar-refractivity contribution in [3.8, 4) is 0 Å². The van der Waals surface area contributed by atoms with Crippen LogP contribution in [0, 0.1) is 6.92 Å². The molecule has 0 saturated carbocycles. The molecule has 0 aromatic heterocycles. The Morgan fingerprint density at radius 1 is 1.33 bits per heavy atom. The number of aryl methyl sites for hydroxylation is 1. The quantitative estimate of drug-likeness (QED) is 0.839. The standard InChI is InChI=1S/C11H15NO2S/c1-9-2-4-11(5-3-9)15(13,14)8-10-6-7-12-10/h2-5,10,12H,6-8H2,1H3. The molecule has 82 valence electrons. The molecule has 2 rings (SSSR count). The van der Waals surface area contributed by atoms with Gasteiger partial charge in [0.2, 0.25) is 0 Å². The second-order valence-corrected chi connectivity index (χ2v) is 6.07. The van der Waals surface area contributed by atoms with Gasteiger partial charge in [0.25, 0.3) is 0 Å². The van der Waals surface area contributed by atoms with Crippen molar-refractivity contribution in [2.45, 2.75) is 24.3 Å². The minimum atomic E-state index is -3.10. The van der Waals surface area contributed by atoms with Gasteiger partial charge in [-0.2, -0.15) is 0 Å². The molecule has 4 heteroatoms. The summed E-state index contributed by atoms with van der Waals surface area (Å²) in [7, 11) is -3.10. The third-order valence-corrected chi connectivity index (χ3v) is 4.56. The van der Waals surface area contributed by atoms with E-state index in [4.69, 9.17) is 0 Å². The maximum absolute atomic E-state index is 11.9. The topological polar surface area (TPSA) is 46.2 Å². The first kappa shape index (κ1) is 10.6. The lowest BCUT2D eigenvalue weighted by Gasteiger charge is -2.27. The smallest absolute Gasteiger partial charge is 0.179 e. The first-order valence-electron chi connectivity index (χ1n) is 5.11. The maximum Gasteiger partial charge on any atom is 0.179 e. The molecule has 0 spiro atoms. The van der Waals surface area contributed by atoms with Crippen LogP contribution in [0.1, 0.15) is 12.0 Å². The molecule has 1 atom stereocenters. The lowest BCUT2D eigenvalue weighted by molar-refractivity contribution is 0.399. The average molecular weight is 225 g/mol. The van der Waals surface area contributed by atoms with E-state index in [2.05, 4.69) is 5.32 Å². The largest absolute Gasteiger partial charge is 0.313 e. The molecule has 0 bridgehead atoms. The molecule has 0 radical (unpaired) electrons. The van der Waals surface area contributed by atoms with Gasteiger partial charge >= 0.3 is 0 Å². The molecule has 1 N–H and O–H groups in total. The molecule has 1 fully saturated rings. The van der Waals surface area contributed by atoms with E-state index in [-0.39, 0.29) is 11.8 Å². The Hall–Kier alpha value is -0.870. The van der Waals surface area contributed by atoms with Gasteiger partial charge in [-0.3, -0.25) is 0 Å². The highest BCUT2D eigenvalue weighted by Crippen LogP contribution is 2.15. The zero-order valence-electron chi connectivity index (χ0n) is 8.73. The van der Waals surface area contributed by atoms with Crippen molar-refractivity contribution in [1.82, 2.24) is 5.32 Å². The predicted molar refractivity (Wildman–Crippen MR) is 59.6 cm³/mol. The Labute approximate surface area is 90.4 Å². The molecule has 0 amide bonds. The van der Waals surface area contributed by atoms with Gasteiger partial charge in [0.1, 0.15) is 0 Å². The molecule has 1 saturated heterocycles. The molecule has 1 aliphatic heterocycles. The van der Waals surface area contributed by atoms with Crippen LogP contribution in [0.4, 0.5) is 0 Å². The number of rotatable bonds is 3. The van der Waals surface area contributed by atoms with Crippen LogP contribution < -0.4 is 5.32 Å². The average Bonchev–Trinajstić information content (AvgIpc) is 2.13. The van der Waals surface area contributed by atoms with Gasteiger partial charge in [0, 0.05) is 6.04 Å². The minimum absolute atomic E-state index is 0.149. The molecule has 1 heterocycles. The molecular formula is C11H15NO2S. The monoisotopic (exact) mass is 225 g/mol. The summed E-state index contributed by atoms with van der Waals surface area (Å²) in [5.41, 5.74) is 1.08. The number of hydrogen-bond acceptors (Lipinski definition) is 3. The molecule has 3 nitrogen and oxygen atoms in total. The molecule has 1 aliphatic rings. The minimum Gasteiger partial charge on any atom is -0.313 e.